The minimum Gasteiger partial charge on any atom is -0.494 e. The molecule has 0 aromatic heterocycles. The van der Waals surface area contributed by atoms with E-state index in [0.717, 1.165) is 12.8 Å². The van der Waals surface area contributed by atoms with Crippen LogP contribution >= 0.6 is 23.2 Å². The van der Waals surface area contributed by atoms with Crippen LogP contribution in [0, 0.1) is 0 Å². The summed E-state index contributed by atoms with van der Waals surface area (Å²) in [5.41, 5.74) is 2.68. The average molecular weight is 346 g/mol. The lowest BCUT2D eigenvalue weighted by atomic mass is 10.2. The fraction of sp³-hybridized carbons (Fsp3) is 0.357. The third-order valence-electron chi connectivity index (χ3n) is 2.63. The molecule has 0 fully saturated rings. The Balaban J connectivity index is 2.59. The molecule has 8 heteroatoms. The van der Waals surface area contributed by atoms with E-state index in [1.807, 2.05) is 6.92 Å². The molecule has 0 aliphatic heterocycles. The molecule has 0 heterocycles. The third kappa shape index (κ3) is 5.54. The van der Waals surface area contributed by atoms with E-state index in [9.17, 15) is 9.59 Å². The van der Waals surface area contributed by atoms with Crippen LogP contribution in [0.1, 0.15) is 25.3 Å². The highest BCUT2D eigenvalue weighted by Crippen LogP contribution is 2.33. The molecule has 0 aliphatic rings. The number of hydrazone groups is 1. The van der Waals surface area contributed by atoms with Crippen molar-refractivity contribution < 1.29 is 14.3 Å². The second-order valence-corrected chi connectivity index (χ2v) is 5.14. The normalized spacial score (nSPS) is 10.5. The van der Waals surface area contributed by atoms with Gasteiger partial charge in [-0.05, 0) is 24.1 Å². The van der Waals surface area contributed by atoms with Gasteiger partial charge in [-0.3, -0.25) is 9.59 Å². The number of methoxy groups -OCH3 is 1. The second kappa shape index (κ2) is 9.27. The molecule has 22 heavy (non-hydrogen) atoms. The maximum atomic E-state index is 11.5. The van der Waals surface area contributed by atoms with E-state index >= 15 is 0 Å². The van der Waals surface area contributed by atoms with Gasteiger partial charge in [0, 0.05) is 6.54 Å². The summed E-state index contributed by atoms with van der Waals surface area (Å²) in [5.74, 6) is -1.20. The highest BCUT2D eigenvalue weighted by atomic mass is 35.5. The lowest BCUT2D eigenvalue weighted by Crippen LogP contribution is -2.38. The van der Waals surface area contributed by atoms with Crippen LogP contribution in [0.5, 0.6) is 5.75 Å². The van der Waals surface area contributed by atoms with Crippen molar-refractivity contribution in [2.75, 3.05) is 13.7 Å². The quantitative estimate of drug-likeness (QED) is 0.359. The maximum Gasteiger partial charge on any atom is 0.329 e. The van der Waals surface area contributed by atoms with Gasteiger partial charge in [-0.15, -0.1) is 0 Å². The van der Waals surface area contributed by atoms with Crippen molar-refractivity contribution >= 4 is 41.2 Å². The van der Waals surface area contributed by atoms with Crippen molar-refractivity contribution in [2.45, 2.75) is 19.8 Å². The van der Waals surface area contributed by atoms with E-state index in [1.54, 1.807) is 12.1 Å². The molecule has 0 spiro atoms. The average Bonchev–Trinajstić information content (AvgIpc) is 2.47. The Bertz CT molecular complexity index is 553. The van der Waals surface area contributed by atoms with Crippen molar-refractivity contribution in [2.24, 2.45) is 5.10 Å². The Labute approximate surface area is 138 Å². The number of nitrogens with zero attached hydrogens (tertiary/aromatic N) is 1. The first-order valence-corrected chi connectivity index (χ1v) is 7.39. The minimum absolute atomic E-state index is 0.320. The summed E-state index contributed by atoms with van der Waals surface area (Å²) in [6.07, 6.45) is 3.07. The zero-order chi connectivity index (χ0) is 16.5. The number of hydrogen-bond donors (Lipinski definition) is 2. The Morgan fingerprint density at radius 1 is 1.27 bits per heavy atom. The van der Waals surface area contributed by atoms with Crippen molar-refractivity contribution in [3.63, 3.8) is 0 Å². The maximum absolute atomic E-state index is 11.5. The summed E-state index contributed by atoms with van der Waals surface area (Å²) in [6, 6.07) is 3.15. The summed E-state index contributed by atoms with van der Waals surface area (Å²) in [5, 5.41) is 6.81. The molecule has 1 aromatic rings. The summed E-state index contributed by atoms with van der Waals surface area (Å²) in [7, 11) is 1.46. The molecule has 1 rings (SSSR count). The van der Waals surface area contributed by atoms with Crippen molar-refractivity contribution in [1.29, 1.82) is 0 Å². The molecule has 0 unspecified atom stereocenters. The third-order valence-corrected chi connectivity index (χ3v) is 3.19. The van der Waals surface area contributed by atoms with Crippen LogP contribution in [-0.4, -0.2) is 31.7 Å². The standard InChI is InChI=1S/C14H17Cl2N3O3/c1-3-4-5-17-13(20)14(21)19-18-8-9-6-10(15)12(22-2)11(16)7-9/h6-8H,3-5H2,1-2H3,(H,17,20)(H,19,21)/b18-8-. The molecule has 6 nitrogen and oxygen atoms in total. The van der Waals surface area contributed by atoms with Gasteiger partial charge < -0.3 is 10.1 Å². The topological polar surface area (TPSA) is 79.8 Å². The molecule has 2 N–H and O–H groups in total. The Kier molecular flexibility index (Phi) is 7.70. The lowest BCUT2D eigenvalue weighted by molar-refractivity contribution is -0.139. The monoisotopic (exact) mass is 345 g/mol. The number of ether oxygens (including phenoxy) is 1. The fourth-order valence-electron chi connectivity index (χ4n) is 1.52. The van der Waals surface area contributed by atoms with Crippen molar-refractivity contribution in [3.8, 4) is 5.75 Å². The molecule has 0 saturated carbocycles. The van der Waals surface area contributed by atoms with E-state index in [1.165, 1.54) is 13.3 Å². The number of halogens is 2. The van der Waals surface area contributed by atoms with Crippen LogP contribution in [0.25, 0.3) is 0 Å². The van der Waals surface area contributed by atoms with Crippen LogP contribution in [0.3, 0.4) is 0 Å². The van der Waals surface area contributed by atoms with Crippen LogP contribution in [0.4, 0.5) is 0 Å². The molecule has 1 aromatic carbocycles. The Morgan fingerprint density at radius 3 is 2.45 bits per heavy atom. The van der Waals surface area contributed by atoms with Crippen molar-refractivity contribution in [1.82, 2.24) is 10.7 Å². The van der Waals surface area contributed by atoms with Gasteiger partial charge in [0.2, 0.25) is 0 Å². The van der Waals surface area contributed by atoms with Crippen molar-refractivity contribution in [3.05, 3.63) is 27.7 Å². The summed E-state index contributed by atoms with van der Waals surface area (Å²) < 4.78 is 5.02. The van der Waals surface area contributed by atoms with E-state index in [0.29, 0.717) is 27.9 Å². The SMILES string of the molecule is CCCCNC(=O)C(=O)N/N=C\c1cc(Cl)c(OC)c(Cl)c1. The number of amides is 2. The van der Waals surface area contributed by atoms with E-state index in [-0.39, 0.29) is 0 Å². The zero-order valence-corrected chi connectivity index (χ0v) is 13.8. The first kappa shape index (κ1) is 18.3. The summed E-state index contributed by atoms with van der Waals surface area (Å²) in [6.45, 7) is 2.44. The zero-order valence-electron chi connectivity index (χ0n) is 12.3. The molecule has 2 amide bonds. The minimum atomic E-state index is -0.835. The largest absolute Gasteiger partial charge is 0.494 e. The van der Waals surface area contributed by atoms with Gasteiger partial charge >= 0.3 is 11.8 Å². The van der Waals surface area contributed by atoms with E-state index < -0.39 is 11.8 Å². The second-order valence-electron chi connectivity index (χ2n) is 4.33. The number of rotatable bonds is 6. The summed E-state index contributed by atoms with van der Waals surface area (Å²) >= 11 is 12.0. The molecule has 0 bridgehead atoms. The molecular weight excluding hydrogens is 329 g/mol. The highest BCUT2D eigenvalue weighted by Gasteiger charge is 2.11. The lowest BCUT2D eigenvalue weighted by Gasteiger charge is -2.06. The number of hydrogen-bond acceptors (Lipinski definition) is 4. The van der Waals surface area contributed by atoms with Gasteiger partial charge in [-0.2, -0.15) is 5.10 Å². The van der Waals surface area contributed by atoms with Gasteiger partial charge in [-0.1, -0.05) is 36.5 Å². The first-order chi connectivity index (χ1) is 10.5. The molecule has 120 valence electrons. The van der Waals surface area contributed by atoms with Gasteiger partial charge in [-0.25, -0.2) is 5.43 Å². The van der Waals surface area contributed by atoms with Crippen LogP contribution in [-0.2, 0) is 9.59 Å². The first-order valence-electron chi connectivity index (χ1n) is 6.63. The molecule has 0 saturated heterocycles. The van der Waals surface area contributed by atoms with Crippen LogP contribution in [0.2, 0.25) is 10.0 Å². The fourth-order valence-corrected chi connectivity index (χ4v) is 2.18. The van der Waals surface area contributed by atoms with Crippen LogP contribution < -0.4 is 15.5 Å². The van der Waals surface area contributed by atoms with Gasteiger partial charge in [0.15, 0.2) is 5.75 Å². The number of unbranched alkanes of at least 4 members (excludes halogenated alkanes) is 1. The highest BCUT2D eigenvalue weighted by molar-refractivity contribution is 6.37. The number of nitrogens with one attached hydrogen (secondary N) is 2. The number of carbonyl (C=O) groups is 2. The molecular formula is C14H17Cl2N3O3. The molecule has 0 atom stereocenters. The predicted molar refractivity (Wildman–Crippen MR) is 86.7 cm³/mol. The smallest absolute Gasteiger partial charge is 0.329 e. The number of carbonyl (C=O) groups excluding carboxylic acids is 2. The molecule has 0 radical (unpaired) electrons. The van der Waals surface area contributed by atoms with E-state index in [4.69, 9.17) is 27.9 Å². The predicted octanol–water partition coefficient (Wildman–Crippen LogP) is 2.37. The van der Waals surface area contributed by atoms with E-state index in [2.05, 4.69) is 15.8 Å². The van der Waals surface area contributed by atoms with Gasteiger partial charge in [0.05, 0.1) is 23.4 Å². The molecule has 0 aliphatic carbocycles. The van der Waals surface area contributed by atoms with Gasteiger partial charge in [0.1, 0.15) is 0 Å². The van der Waals surface area contributed by atoms with Gasteiger partial charge in [0.25, 0.3) is 0 Å². The Morgan fingerprint density at radius 2 is 1.91 bits per heavy atom. The van der Waals surface area contributed by atoms with Crippen LogP contribution in [0.15, 0.2) is 17.2 Å². The number of benzene rings is 1. The summed E-state index contributed by atoms with van der Waals surface area (Å²) in [4.78, 5) is 22.8. The Hall–Kier alpha value is -1.79.